The van der Waals surface area contributed by atoms with Crippen molar-refractivity contribution in [3.05, 3.63) is 39.9 Å². The number of hydrogen-bond acceptors (Lipinski definition) is 4. The molecule has 86 valence electrons. The molecule has 0 aliphatic rings. The fourth-order valence-corrected chi connectivity index (χ4v) is 1.49. The van der Waals surface area contributed by atoms with Crippen LogP contribution in [0.3, 0.4) is 0 Å². The molecule has 0 aliphatic heterocycles. The van der Waals surface area contributed by atoms with Crippen molar-refractivity contribution in [2.45, 2.75) is 12.3 Å². The van der Waals surface area contributed by atoms with Crippen LogP contribution >= 0.6 is 0 Å². The average molecular weight is 223 g/mol. The van der Waals surface area contributed by atoms with E-state index in [1.165, 1.54) is 0 Å². The van der Waals surface area contributed by atoms with Gasteiger partial charge < -0.3 is 9.53 Å². The van der Waals surface area contributed by atoms with E-state index >= 15 is 0 Å². The molecule has 1 atom stereocenters. The molecule has 0 amide bonds. The van der Waals surface area contributed by atoms with Crippen LogP contribution in [-0.4, -0.2) is 24.9 Å². The summed E-state index contributed by atoms with van der Waals surface area (Å²) in [4.78, 5) is 20.5. The maximum Gasteiger partial charge on any atom is 0.211 e. The number of benzene rings is 1. The lowest BCUT2D eigenvalue weighted by atomic mass is 9.96. The average Bonchev–Trinajstić information content (AvgIpc) is 2.28. The van der Waals surface area contributed by atoms with Crippen molar-refractivity contribution in [3.8, 4) is 5.75 Å². The molecule has 0 saturated carbocycles. The van der Waals surface area contributed by atoms with Crippen LogP contribution in [0.4, 0.5) is 0 Å². The van der Waals surface area contributed by atoms with Gasteiger partial charge in [0.2, 0.25) is 6.54 Å². The summed E-state index contributed by atoms with van der Waals surface area (Å²) in [5.41, 5.74) is 0.782. The van der Waals surface area contributed by atoms with Gasteiger partial charge in [-0.15, -0.1) is 0 Å². The van der Waals surface area contributed by atoms with E-state index in [0.717, 1.165) is 5.56 Å². The quantitative estimate of drug-likeness (QED) is 0.417. The predicted octanol–water partition coefficient (Wildman–Crippen LogP) is 1.64. The Hall–Kier alpha value is -1.91. The zero-order valence-corrected chi connectivity index (χ0v) is 8.96. The van der Waals surface area contributed by atoms with Gasteiger partial charge in [-0.2, -0.15) is 0 Å². The lowest BCUT2D eigenvalue weighted by Crippen LogP contribution is -2.13. The summed E-state index contributed by atoms with van der Waals surface area (Å²) >= 11 is 0. The monoisotopic (exact) mass is 223 g/mol. The van der Waals surface area contributed by atoms with Gasteiger partial charge in [0.15, 0.2) is 0 Å². The zero-order valence-electron chi connectivity index (χ0n) is 8.96. The van der Waals surface area contributed by atoms with Crippen molar-refractivity contribution in [1.82, 2.24) is 0 Å². The van der Waals surface area contributed by atoms with E-state index in [4.69, 9.17) is 4.74 Å². The van der Waals surface area contributed by atoms with Crippen molar-refractivity contribution in [2.24, 2.45) is 0 Å². The number of carbonyl (C=O) groups is 1. The van der Waals surface area contributed by atoms with Gasteiger partial charge in [0.1, 0.15) is 12.0 Å². The SMILES string of the molecule is COc1ccc(C(CC=O)C[N+](=O)[O-])cc1. The van der Waals surface area contributed by atoms with Gasteiger partial charge in [-0.05, 0) is 17.7 Å². The minimum Gasteiger partial charge on any atom is -0.497 e. The van der Waals surface area contributed by atoms with Gasteiger partial charge in [0.05, 0.1) is 13.0 Å². The Morgan fingerprint density at radius 3 is 2.50 bits per heavy atom. The van der Waals surface area contributed by atoms with E-state index in [1.54, 1.807) is 31.4 Å². The Labute approximate surface area is 93.2 Å². The van der Waals surface area contributed by atoms with Crippen LogP contribution in [0.25, 0.3) is 0 Å². The Morgan fingerprint density at radius 1 is 1.44 bits per heavy atom. The number of aldehydes is 1. The standard InChI is InChI=1S/C11H13NO4/c1-16-11-4-2-9(3-5-11)10(6-7-13)8-12(14)15/h2-5,7,10H,6,8H2,1H3. The minimum absolute atomic E-state index is 0.160. The normalized spacial score (nSPS) is 11.8. The van der Waals surface area contributed by atoms with Crippen LogP contribution in [0.2, 0.25) is 0 Å². The first-order valence-corrected chi connectivity index (χ1v) is 4.86. The molecule has 16 heavy (non-hydrogen) atoms. The molecule has 5 heteroatoms. The second kappa shape index (κ2) is 5.85. The zero-order chi connectivity index (χ0) is 12.0. The molecule has 5 nitrogen and oxygen atoms in total. The van der Waals surface area contributed by atoms with E-state index in [1.807, 2.05) is 0 Å². The number of hydrogen-bond donors (Lipinski definition) is 0. The van der Waals surface area contributed by atoms with E-state index in [2.05, 4.69) is 0 Å². The van der Waals surface area contributed by atoms with Crippen molar-refractivity contribution in [3.63, 3.8) is 0 Å². The fraction of sp³-hybridized carbons (Fsp3) is 0.364. The molecule has 0 aromatic heterocycles. The maximum absolute atomic E-state index is 10.4. The summed E-state index contributed by atoms with van der Waals surface area (Å²) in [5, 5.41) is 10.4. The van der Waals surface area contributed by atoms with E-state index in [9.17, 15) is 14.9 Å². The molecule has 1 rings (SSSR count). The summed E-state index contributed by atoms with van der Waals surface area (Å²) in [5.74, 6) is 0.327. The van der Waals surface area contributed by atoms with Gasteiger partial charge in [0, 0.05) is 11.3 Å². The van der Waals surface area contributed by atoms with Crippen LogP contribution in [-0.2, 0) is 4.79 Å². The minimum atomic E-state index is -0.404. The maximum atomic E-state index is 10.4. The van der Waals surface area contributed by atoms with Gasteiger partial charge in [0.25, 0.3) is 0 Å². The third-order valence-corrected chi connectivity index (χ3v) is 2.34. The molecule has 0 radical (unpaired) electrons. The van der Waals surface area contributed by atoms with Crippen molar-refractivity contribution in [2.75, 3.05) is 13.7 Å². The Bertz CT molecular complexity index is 361. The first kappa shape index (κ1) is 12.2. The highest BCUT2D eigenvalue weighted by Crippen LogP contribution is 2.21. The van der Waals surface area contributed by atoms with Crippen LogP contribution in [0.15, 0.2) is 24.3 Å². The van der Waals surface area contributed by atoms with Crippen LogP contribution in [0.5, 0.6) is 5.75 Å². The molecule has 1 aromatic rings. The summed E-state index contributed by atoms with van der Waals surface area (Å²) in [7, 11) is 1.55. The molecule has 0 heterocycles. The number of ether oxygens (including phenoxy) is 1. The highest BCUT2D eigenvalue weighted by molar-refractivity contribution is 5.51. The molecule has 0 spiro atoms. The number of methoxy groups -OCH3 is 1. The topological polar surface area (TPSA) is 69.4 Å². The van der Waals surface area contributed by atoms with Crippen LogP contribution in [0, 0.1) is 10.1 Å². The Balaban J connectivity index is 2.82. The number of nitrogens with zero attached hydrogens (tertiary/aromatic N) is 1. The summed E-state index contributed by atoms with van der Waals surface area (Å²) < 4.78 is 4.99. The predicted molar refractivity (Wildman–Crippen MR) is 58.3 cm³/mol. The summed E-state index contributed by atoms with van der Waals surface area (Å²) in [6, 6.07) is 6.95. The fourth-order valence-electron chi connectivity index (χ4n) is 1.49. The highest BCUT2D eigenvalue weighted by Gasteiger charge is 2.17. The summed E-state index contributed by atoms with van der Waals surface area (Å²) in [6.07, 6.45) is 0.867. The lowest BCUT2D eigenvalue weighted by molar-refractivity contribution is -0.483. The molecule has 0 N–H and O–H groups in total. The number of rotatable bonds is 6. The van der Waals surface area contributed by atoms with Gasteiger partial charge in [-0.3, -0.25) is 10.1 Å². The smallest absolute Gasteiger partial charge is 0.211 e. The molecular weight excluding hydrogens is 210 g/mol. The number of nitro groups is 1. The molecule has 1 aromatic carbocycles. The first-order chi connectivity index (χ1) is 7.67. The van der Waals surface area contributed by atoms with Crippen molar-refractivity contribution in [1.29, 1.82) is 0 Å². The van der Waals surface area contributed by atoms with Crippen LogP contribution in [0.1, 0.15) is 17.9 Å². The Kier molecular flexibility index (Phi) is 4.44. The van der Waals surface area contributed by atoms with E-state index < -0.39 is 4.92 Å². The van der Waals surface area contributed by atoms with E-state index in [-0.39, 0.29) is 18.9 Å². The van der Waals surface area contributed by atoms with Crippen molar-refractivity contribution < 1.29 is 14.5 Å². The molecular formula is C11H13NO4. The van der Waals surface area contributed by atoms with Crippen LogP contribution < -0.4 is 4.74 Å². The highest BCUT2D eigenvalue weighted by atomic mass is 16.6. The lowest BCUT2D eigenvalue weighted by Gasteiger charge is -2.10. The largest absolute Gasteiger partial charge is 0.497 e. The molecule has 0 bridgehead atoms. The van der Waals surface area contributed by atoms with Gasteiger partial charge in [-0.1, -0.05) is 12.1 Å². The summed E-state index contributed by atoms with van der Waals surface area (Å²) in [6.45, 7) is -0.231. The van der Waals surface area contributed by atoms with Gasteiger partial charge in [-0.25, -0.2) is 0 Å². The number of carbonyl (C=O) groups excluding carboxylic acids is 1. The molecule has 0 aliphatic carbocycles. The Morgan fingerprint density at radius 2 is 2.06 bits per heavy atom. The van der Waals surface area contributed by atoms with E-state index in [0.29, 0.717) is 12.0 Å². The third kappa shape index (κ3) is 3.34. The second-order valence-electron chi connectivity index (χ2n) is 3.39. The molecule has 0 fully saturated rings. The van der Waals surface area contributed by atoms with Gasteiger partial charge >= 0.3 is 0 Å². The molecule has 0 saturated heterocycles. The third-order valence-electron chi connectivity index (χ3n) is 2.34. The first-order valence-electron chi connectivity index (χ1n) is 4.86. The molecule has 1 unspecified atom stereocenters. The second-order valence-corrected chi connectivity index (χ2v) is 3.39. The van der Waals surface area contributed by atoms with Crippen molar-refractivity contribution >= 4 is 6.29 Å².